The molecule has 0 aliphatic rings. The summed E-state index contributed by atoms with van der Waals surface area (Å²) < 4.78 is 76.3. The molecule has 0 aromatic carbocycles. The SMILES string of the molecule is CCC(C)COCCOCCOCCOCCOCCOCCOCCOCCOCCOCCOCCOCCOCCC(=O)OC(C)(C)C. The maximum absolute atomic E-state index is 11.6. The number of esters is 1. The third kappa shape index (κ3) is 45.0. The van der Waals surface area contributed by atoms with Gasteiger partial charge in [0, 0.05) is 6.61 Å². The van der Waals surface area contributed by atoms with Gasteiger partial charge in [-0.3, -0.25) is 4.79 Å². The molecule has 0 fully saturated rings. The van der Waals surface area contributed by atoms with Gasteiger partial charge in [-0.15, -0.1) is 0 Å². The molecule has 1 atom stereocenters. The van der Waals surface area contributed by atoms with Crippen LogP contribution in [0.15, 0.2) is 0 Å². The van der Waals surface area contributed by atoms with E-state index in [-0.39, 0.29) is 12.4 Å². The monoisotopic (exact) mass is 744 g/mol. The van der Waals surface area contributed by atoms with Crippen LogP contribution in [0.2, 0.25) is 0 Å². The second-order valence-electron chi connectivity index (χ2n) is 12.3. The number of ether oxygens (including phenoxy) is 14. The average molecular weight is 745 g/mol. The van der Waals surface area contributed by atoms with Crippen LogP contribution in [0.1, 0.15) is 47.5 Å². The Morgan fingerprint density at radius 2 is 0.608 bits per heavy atom. The zero-order valence-electron chi connectivity index (χ0n) is 32.5. The zero-order valence-corrected chi connectivity index (χ0v) is 32.5. The Labute approximate surface area is 307 Å². The summed E-state index contributed by atoms with van der Waals surface area (Å²) >= 11 is 0. The predicted octanol–water partition coefficient (Wildman–Crippen LogP) is 2.98. The topological polar surface area (TPSA) is 146 Å². The molecule has 0 heterocycles. The number of carbonyl (C=O) groups excluding carboxylic acids is 1. The highest BCUT2D eigenvalue weighted by atomic mass is 16.6. The van der Waals surface area contributed by atoms with Gasteiger partial charge < -0.3 is 66.3 Å². The molecule has 0 N–H and O–H groups in total. The van der Waals surface area contributed by atoms with Crippen LogP contribution in [0.5, 0.6) is 0 Å². The Bertz CT molecular complexity index is 696. The molecule has 1 unspecified atom stereocenters. The molecule has 15 nitrogen and oxygen atoms in total. The van der Waals surface area contributed by atoms with E-state index in [0.29, 0.717) is 171 Å². The van der Waals surface area contributed by atoms with E-state index in [4.69, 9.17) is 66.3 Å². The normalized spacial score (nSPS) is 12.5. The summed E-state index contributed by atoms with van der Waals surface area (Å²) in [7, 11) is 0. The number of rotatable bonds is 42. The van der Waals surface area contributed by atoms with Crippen LogP contribution in [0.4, 0.5) is 0 Å². The summed E-state index contributed by atoms with van der Waals surface area (Å²) in [4.78, 5) is 11.6. The van der Waals surface area contributed by atoms with Crippen molar-refractivity contribution in [1.29, 1.82) is 0 Å². The van der Waals surface area contributed by atoms with Crippen LogP contribution in [-0.2, 0) is 71.1 Å². The van der Waals surface area contributed by atoms with Crippen molar-refractivity contribution in [3.63, 3.8) is 0 Å². The van der Waals surface area contributed by atoms with Gasteiger partial charge in [0.2, 0.25) is 0 Å². The van der Waals surface area contributed by atoms with E-state index in [1.165, 1.54) is 0 Å². The summed E-state index contributed by atoms with van der Waals surface area (Å²) in [5, 5.41) is 0. The van der Waals surface area contributed by atoms with Gasteiger partial charge in [0.25, 0.3) is 0 Å². The Balaban J connectivity index is 3.10. The summed E-state index contributed by atoms with van der Waals surface area (Å²) in [6.07, 6.45) is 1.36. The molecule has 0 saturated heterocycles. The van der Waals surface area contributed by atoms with Gasteiger partial charge >= 0.3 is 5.97 Å². The molecule has 0 radical (unpaired) electrons. The van der Waals surface area contributed by atoms with E-state index in [0.717, 1.165) is 13.0 Å². The first-order valence-electron chi connectivity index (χ1n) is 18.6. The minimum atomic E-state index is -0.475. The first kappa shape index (κ1) is 49.9. The third-order valence-electron chi connectivity index (χ3n) is 6.43. The average Bonchev–Trinajstić information content (AvgIpc) is 3.09. The molecule has 0 rings (SSSR count). The van der Waals surface area contributed by atoms with Gasteiger partial charge in [-0.25, -0.2) is 0 Å². The van der Waals surface area contributed by atoms with Crippen LogP contribution in [0, 0.1) is 5.92 Å². The molecule has 306 valence electrons. The lowest BCUT2D eigenvalue weighted by atomic mass is 10.1. The minimum absolute atomic E-state index is 0.231. The lowest BCUT2D eigenvalue weighted by Gasteiger charge is -2.19. The molecule has 0 saturated carbocycles. The molecular formula is C36H72O15. The molecule has 0 aliphatic carbocycles. The van der Waals surface area contributed by atoms with Crippen LogP contribution in [0.25, 0.3) is 0 Å². The molecule has 15 heteroatoms. The molecule has 0 aromatic rings. The predicted molar refractivity (Wildman–Crippen MR) is 191 cm³/mol. The highest BCUT2D eigenvalue weighted by molar-refractivity contribution is 5.69. The lowest BCUT2D eigenvalue weighted by Crippen LogP contribution is -2.24. The summed E-state index contributed by atoms with van der Waals surface area (Å²) in [6, 6.07) is 0. The Kier molecular flexibility index (Phi) is 39.3. The fourth-order valence-corrected chi connectivity index (χ4v) is 3.59. The first-order chi connectivity index (χ1) is 24.8. The van der Waals surface area contributed by atoms with Crippen molar-refractivity contribution in [3.05, 3.63) is 0 Å². The van der Waals surface area contributed by atoms with Crippen molar-refractivity contribution < 1.29 is 71.1 Å². The van der Waals surface area contributed by atoms with Crippen LogP contribution in [0.3, 0.4) is 0 Å². The van der Waals surface area contributed by atoms with Gasteiger partial charge in [-0.1, -0.05) is 20.3 Å². The maximum Gasteiger partial charge on any atom is 0.308 e. The Hall–Kier alpha value is -1.05. The third-order valence-corrected chi connectivity index (χ3v) is 6.43. The highest BCUT2D eigenvalue weighted by Crippen LogP contribution is 2.08. The molecule has 51 heavy (non-hydrogen) atoms. The van der Waals surface area contributed by atoms with Gasteiger partial charge in [0.15, 0.2) is 0 Å². The quantitative estimate of drug-likeness (QED) is 0.0666. The van der Waals surface area contributed by atoms with E-state index in [1.807, 2.05) is 20.8 Å². The van der Waals surface area contributed by atoms with Crippen LogP contribution >= 0.6 is 0 Å². The fraction of sp³-hybridized carbons (Fsp3) is 0.972. The minimum Gasteiger partial charge on any atom is -0.460 e. The van der Waals surface area contributed by atoms with E-state index < -0.39 is 5.60 Å². The van der Waals surface area contributed by atoms with Crippen molar-refractivity contribution in [1.82, 2.24) is 0 Å². The number of hydrogen-bond donors (Lipinski definition) is 0. The second kappa shape index (κ2) is 40.1. The van der Waals surface area contributed by atoms with Crippen molar-refractivity contribution in [2.45, 2.75) is 53.1 Å². The summed E-state index contributed by atoms with van der Waals surface area (Å²) in [5.41, 5.74) is -0.475. The van der Waals surface area contributed by atoms with Crippen molar-refractivity contribution in [3.8, 4) is 0 Å². The van der Waals surface area contributed by atoms with Gasteiger partial charge in [0.1, 0.15) is 5.60 Å². The zero-order chi connectivity index (χ0) is 37.4. The van der Waals surface area contributed by atoms with Gasteiger partial charge in [-0.2, -0.15) is 0 Å². The molecule has 0 aromatic heterocycles. The largest absolute Gasteiger partial charge is 0.460 e. The van der Waals surface area contributed by atoms with Gasteiger partial charge in [0.05, 0.1) is 172 Å². The smallest absolute Gasteiger partial charge is 0.308 e. The van der Waals surface area contributed by atoms with Crippen LogP contribution < -0.4 is 0 Å². The lowest BCUT2D eigenvalue weighted by molar-refractivity contribution is -0.156. The van der Waals surface area contributed by atoms with E-state index in [2.05, 4.69) is 13.8 Å². The summed E-state index contributed by atoms with van der Waals surface area (Å²) in [5.74, 6) is 0.328. The standard InChI is InChI=1S/C36H72O15/c1-6-34(2)33-50-32-31-49-30-29-48-28-27-47-26-25-46-24-23-45-22-21-44-20-19-43-18-17-42-16-15-41-14-13-40-12-11-39-10-9-38-8-7-35(37)51-36(3,4)5/h34H,6-33H2,1-5H3. The molecule has 0 bridgehead atoms. The van der Waals surface area contributed by atoms with Crippen molar-refractivity contribution >= 4 is 5.97 Å². The van der Waals surface area contributed by atoms with E-state index in [1.54, 1.807) is 0 Å². The number of hydrogen-bond acceptors (Lipinski definition) is 15. The second-order valence-corrected chi connectivity index (χ2v) is 12.3. The van der Waals surface area contributed by atoms with Gasteiger partial charge in [-0.05, 0) is 26.7 Å². The maximum atomic E-state index is 11.6. The molecule has 0 aliphatic heterocycles. The van der Waals surface area contributed by atoms with Crippen LogP contribution in [-0.4, -0.2) is 183 Å². The fourth-order valence-electron chi connectivity index (χ4n) is 3.59. The van der Waals surface area contributed by atoms with E-state index >= 15 is 0 Å². The number of carbonyl (C=O) groups is 1. The molecular weight excluding hydrogens is 672 g/mol. The Morgan fingerprint density at radius 3 is 0.824 bits per heavy atom. The summed E-state index contributed by atoms with van der Waals surface area (Å²) in [6.45, 7) is 23.1. The molecule has 0 spiro atoms. The van der Waals surface area contributed by atoms with Crippen molar-refractivity contribution in [2.75, 3.05) is 172 Å². The first-order valence-corrected chi connectivity index (χ1v) is 18.6. The van der Waals surface area contributed by atoms with Crippen molar-refractivity contribution in [2.24, 2.45) is 5.92 Å². The van der Waals surface area contributed by atoms with E-state index in [9.17, 15) is 4.79 Å². The molecule has 0 amide bonds. The highest BCUT2D eigenvalue weighted by Gasteiger charge is 2.15. The Morgan fingerprint density at radius 1 is 0.392 bits per heavy atom.